The topological polar surface area (TPSA) is 104 Å². The Labute approximate surface area is 180 Å². The number of hydrogen-bond donors (Lipinski definition) is 0. The maximum Gasteiger partial charge on any atom is 0.485 e. The minimum atomic E-state index is -6.09. The van der Waals surface area contributed by atoms with E-state index in [1.165, 1.54) is 7.11 Å². The Morgan fingerprint density at radius 3 is 2.03 bits per heavy atom. The van der Waals surface area contributed by atoms with Gasteiger partial charge in [-0.1, -0.05) is 32.9 Å². The Kier molecular flexibility index (Phi) is 7.91. The number of fused-ring (bicyclic) bond motifs is 1. The fourth-order valence-electron chi connectivity index (χ4n) is 2.11. The average molecular weight is 483 g/mol. The summed E-state index contributed by atoms with van der Waals surface area (Å²) in [6.45, 7) is 12.6. The maximum atomic E-state index is 12.3. The van der Waals surface area contributed by atoms with E-state index in [0.29, 0.717) is 22.7 Å². The molecule has 0 atom stereocenters. The van der Waals surface area contributed by atoms with Gasteiger partial charge >= 0.3 is 22.8 Å². The van der Waals surface area contributed by atoms with Crippen LogP contribution in [0.4, 0.5) is 13.2 Å². The minimum absolute atomic E-state index is 0.0163. The Balaban J connectivity index is 0.000000512. The van der Waals surface area contributed by atoms with Crippen molar-refractivity contribution >= 4 is 35.4 Å². The van der Waals surface area contributed by atoms with Gasteiger partial charge in [-0.15, -0.1) is 0 Å². The van der Waals surface area contributed by atoms with Gasteiger partial charge in [0.05, 0.1) is 14.0 Å². The summed E-state index contributed by atoms with van der Waals surface area (Å²) in [6, 6.07) is 7.60. The van der Waals surface area contributed by atoms with E-state index < -0.39 is 29.9 Å². The zero-order valence-corrected chi connectivity index (χ0v) is 20.0. The molecule has 12 heteroatoms. The molecule has 0 aliphatic heterocycles. The molecular weight excluding hydrogens is 457 g/mol. The van der Waals surface area contributed by atoms with E-state index in [4.69, 9.17) is 26.6 Å². The van der Waals surface area contributed by atoms with Gasteiger partial charge in [0.1, 0.15) is 11.1 Å². The van der Waals surface area contributed by atoms with E-state index in [-0.39, 0.29) is 5.04 Å². The summed E-state index contributed by atoms with van der Waals surface area (Å²) >= 11 is 0. The lowest BCUT2D eigenvalue weighted by Crippen LogP contribution is -2.44. The molecule has 0 amide bonds. The van der Waals surface area contributed by atoms with Crippen LogP contribution in [0, 0.1) is 6.92 Å². The van der Waals surface area contributed by atoms with E-state index in [1.54, 1.807) is 6.92 Å². The molecule has 0 aliphatic carbocycles. The lowest BCUT2D eigenvalue weighted by molar-refractivity contribution is -0.0517. The minimum Gasteiger partial charge on any atom is -0.741 e. The molecule has 31 heavy (non-hydrogen) atoms. The van der Waals surface area contributed by atoms with Crippen LogP contribution < -0.4 is 4.43 Å². The highest BCUT2D eigenvalue weighted by Gasteiger charge is 2.42. The quantitative estimate of drug-likeness (QED) is 0.194. The molecule has 0 unspecified atom stereocenters. The molecule has 0 spiro atoms. The van der Waals surface area contributed by atoms with Crippen molar-refractivity contribution < 1.29 is 44.5 Å². The molecule has 174 valence electrons. The van der Waals surface area contributed by atoms with Crippen LogP contribution in [-0.2, 0) is 14.9 Å². The Hall–Kier alpha value is -2.18. The number of alkyl halides is 3. The number of para-hydroxylation sites is 1. The summed E-state index contributed by atoms with van der Waals surface area (Å²) in [5.41, 5.74) is -4.57. The molecule has 0 saturated carbocycles. The van der Waals surface area contributed by atoms with Crippen LogP contribution in [-0.4, -0.2) is 39.9 Å². The number of carbonyl (C=O) groups is 1. The SMILES string of the molecule is COC(=O)c1c(C)[o+]c2ccccc2c1O[Si](C)(C)C(C)(C)C.O=S(=O)([O-])C(F)(F)F. The van der Waals surface area contributed by atoms with Gasteiger partial charge < -0.3 is 13.7 Å². The molecule has 0 bridgehead atoms. The Morgan fingerprint density at radius 2 is 1.61 bits per heavy atom. The molecule has 0 radical (unpaired) electrons. The van der Waals surface area contributed by atoms with Crippen molar-refractivity contribution in [1.29, 1.82) is 0 Å². The highest BCUT2D eigenvalue weighted by molar-refractivity contribution is 7.86. The first-order valence-corrected chi connectivity index (χ1v) is 13.3. The van der Waals surface area contributed by atoms with Crippen LogP contribution in [0.15, 0.2) is 28.7 Å². The van der Waals surface area contributed by atoms with E-state index in [1.807, 2.05) is 24.3 Å². The lowest BCUT2D eigenvalue weighted by Gasteiger charge is -2.36. The van der Waals surface area contributed by atoms with Gasteiger partial charge in [0.2, 0.25) is 5.56 Å². The summed E-state index contributed by atoms with van der Waals surface area (Å²) in [4.78, 5) is 12.3. The number of methoxy groups -OCH3 is 1. The monoisotopic (exact) mass is 482 g/mol. The van der Waals surface area contributed by atoms with Crippen LogP contribution in [0.1, 0.15) is 36.9 Å². The van der Waals surface area contributed by atoms with Gasteiger partial charge in [-0.05, 0) is 24.2 Å². The molecule has 0 fully saturated rings. The normalized spacial score (nSPS) is 12.7. The molecule has 0 saturated heterocycles. The Bertz CT molecular complexity index is 1060. The lowest BCUT2D eigenvalue weighted by atomic mass is 10.1. The van der Waals surface area contributed by atoms with Crippen molar-refractivity contribution in [1.82, 2.24) is 0 Å². The number of hydrogen-bond acceptors (Lipinski definition) is 6. The predicted molar refractivity (Wildman–Crippen MR) is 110 cm³/mol. The van der Waals surface area contributed by atoms with Gasteiger partial charge in [-0.2, -0.15) is 13.2 Å². The van der Waals surface area contributed by atoms with Gasteiger partial charge in [0, 0.05) is 6.07 Å². The third-order valence-electron chi connectivity index (χ3n) is 4.81. The van der Waals surface area contributed by atoms with E-state index in [0.717, 1.165) is 5.39 Å². The molecule has 2 aromatic rings. The van der Waals surface area contributed by atoms with Crippen molar-refractivity contribution in [2.24, 2.45) is 0 Å². The summed E-state index contributed by atoms with van der Waals surface area (Å²) in [6.07, 6.45) is 0. The van der Waals surface area contributed by atoms with Gasteiger partial charge in [-0.25, -0.2) is 17.6 Å². The number of carbonyl (C=O) groups excluding carboxylic acids is 1. The third-order valence-corrected chi connectivity index (χ3v) is 9.70. The zero-order chi connectivity index (χ0) is 24.4. The smallest absolute Gasteiger partial charge is 0.485 e. The van der Waals surface area contributed by atoms with Crippen molar-refractivity contribution in [3.8, 4) is 5.75 Å². The first kappa shape index (κ1) is 26.9. The number of aryl methyl sites for hydroxylation is 1. The van der Waals surface area contributed by atoms with Crippen LogP contribution in [0.2, 0.25) is 18.1 Å². The number of rotatable bonds is 3. The second kappa shape index (κ2) is 9.13. The molecule has 1 heterocycles. The largest absolute Gasteiger partial charge is 0.741 e. The first-order valence-electron chi connectivity index (χ1n) is 8.98. The van der Waals surface area contributed by atoms with Gasteiger partial charge in [-0.3, -0.25) is 0 Å². The van der Waals surface area contributed by atoms with Crippen LogP contribution in [0.3, 0.4) is 0 Å². The standard InChI is InChI=1S/C18H25O4Si.CHF3O3S/c1-12-15(17(19)20-5)16(22-23(6,7)18(2,3)4)13-10-8-9-11-14(13)21-12;2-1(3,4)8(5,6)7/h8-11H,1-7H3;(H,5,6,7)/q+1;/p-1. The highest BCUT2D eigenvalue weighted by atomic mass is 32.2. The molecule has 0 aliphatic rings. The zero-order valence-electron chi connectivity index (χ0n) is 18.2. The summed E-state index contributed by atoms with van der Waals surface area (Å²) < 4.78 is 76.1. The molecule has 2 rings (SSSR count). The second-order valence-corrected chi connectivity index (χ2v) is 14.2. The van der Waals surface area contributed by atoms with Crippen LogP contribution >= 0.6 is 0 Å². The molecule has 7 nitrogen and oxygen atoms in total. The maximum absolute atomic E-state index is 12.3. The van der Waals surface area contributed by atoms with E-state index >= 15 is 0 Å². The first-order chi connectivity index (χ1) is 13.8. The van der Waals surface area contributed by atoms with Gasteiger partial charge in [0.15, 0.2) is 10.1 Å². The number of halogens is 3. The van der Waals surface area contributed by atoms with E-state index in [2.05, 4.69) is 33.9 Å². The third kappa shape index (κ3) is 6.40. The Morgan fingerprint density at radius 1 is 1.13 bits per heavy atom. The summed E-state index contributed by atoms with van der Waals surface area (Å²) in [5, 5.41) is 0.811. The fraction of sp³-hybridized carbons (Fsp3) is 0.474. The van der Waals surface area contributed by atoms with Gasteiger partial charge in [0.25, 0.3) is 8.32 Å². The number of benzene rings is 1. The van der Waals surface area contributed by atoms with Crippen molar-refractivity contribution in [2.45, 2.75) is 51.3 Å². The van der Waals surface area contributed by atoms with Crippen molar-refractivity contribution in [3.63, 3.8) is 0 Å². The van der Waals surface area contributed by atoms with Crippen molar-refractivity contribution in [2.75, 3.05) is 7.11 Å². The summed E-state index contributed by atoms with van der Waals surface area (Å²) in [5.74, 6) is 0.637. The number of esters is 1. The molecule has 1 aromatic carbocycles. The highest BCUT2D eigenvalue weighted by Crippen LogP contribution is 2.41. The molecular formula is C19H25F3O7SSi. The van der Waals surface area contributed by atoms with Crippen LogP contribution in [0.5, 0.6) is 5.75 Å². The molecule has 1 aromatic heterocycles. The van der Waals surface area contributed by atoms with Crippen LogP contribution in [0.25, 0.3) is 11.0 Å². The predicted octanol–water partition coefficient (Wildman–Crippen LogP) is 5.24. The van der Waals surface area contributed by atoms with Crippen molar-refractivity contribution in [3.05, 3.63) is 35.6 Å². The average Bonchev–Trinajstić information content (AvgIpc) is 2.58. The second-order valence-electron chi connectivity index (χ2n) is 8.11. The fourth-order valence-corrected chi connectivity index (χ4v) is 3.14. The number of ether oxygens (including phenoxy) is 1. The van der Waals surface area contributed by atoms with E-state index in [9.17, 15) is 18.0 Å². The molecule has 0 N–H and O–H groups in total. The summed E-state index contributed by atoms with van der Waals surface area (Å²) in [7, 11) is -6.85.